The van der Waals surface area contributed by atoms with E-state index >= 15 is 0 Å². The Balaban J connectivity index is 1.70. The van der Waals surface area contributed by atoms with Crippen molar-refractivity contribution in [2.75, 3.05) is 13.1 Å². The van der Waals surface area contributed by atoms with Gasteiger partial charge in [-0.05, 0) is 30.5 Å². The zero-order valence-electron chi connectivity index (χ0n) is 13.6. The van der Waals surface area contributed by atoms with Crippen LogP contribution in [0.1, 0.15) is 29.9 Å². The monoisotopic (exact) mass is 409 g/mol. The topological polar surface area (TPSA) is 94.1 Å². The summed E-state index contributed by atoms with van der Waals surface area (Å²) in [4.78, 5) is 13.7. The van der Waals surface area contributed by atoms with E-state index in [2.05, 4.69) is 15.9 Å². The molecule has 3 rings (SSSR count). The molecule has 7 heteroatoms. The molecule has 0 amide bonds. The van der Waals surface area contributed by atoms with Crippen molar-refractivity contribution < 1.29 is 19.7 Å². The SMILES string of the molecule is O=c1cc(CO)oc(CN2CCC(O)(c3ccc(Br)cc3)CC2)c1O. The van der Waals surface area contributed by atoms with Crippen LogP contribution < -0.4 is 5.43 Å². The second-order valence-corrected chi connectivity index (χ2v) is 7.24. The fraction of sp³-hybridized carbons (Fsp3) is 0.389. The smallest absolute Gasteiger partial charge is 0.227 e. The molecule has 0 aliphatic carbocycles. The minimum Gasteiger partial charge on any atom is -0.502 e. The number of likely N-dealkylation sites (tertiary alicyclic amines) is 1. The van der Waals surface area contributed by atoms with Gasteiger partial charge in [0.2, 0.25) is 11.2 Å². The normalized spacial score (nSPS) is 17.6. The largest absolute Gasteiger partial charge is 0.502 e. The second-order valence-electron chi connectivity index (χ2n) is 6.32. The first kappa shape index (κ1) is 18.1. The number of aliphatic hydroxyl groups excluding tert-OH is 1. The van der Waals surface area contributed by atoms with Gasteiger partial charge < -0.3 is 19.7 Å². The minimum atomic E-state index is -0.882. The van der Waals surface area contributed by atoms with E-state index in [1.54, 1.807) is 0 Å². The van der Waals surface area contributed by atoms with Crippen molar-refractivity contribution in [1.29, 1.82) is 0 Å². The molecule has 1 aliphatic heterocycles. The number of benzene rings is 1. The highest BCUT2D eigenvalue weighted by Gasteiger charge is 2.34. The van der Waals surface area contributed by atoms with Crippen LogP contribution >= 0.6 is 15.9 Å². The summed E-state index contributed by atoms with van der Waals surface area (Å²) in [6, 6.07) is 8.73. The van der Waals surface area contributed by atoms with E-state index in [4.69, 9.17) is 9.52 Å². The standard InChI is InChI=1S/C18H20BrNO5/c19-13-3-1-12(2-4-13)18(24)5-7-20(8-6-18)10-16-17(23)15(22)9-14(11-21)25-16/h1-4,9,21,23-24H,5-8,10-11H2. The van der Waals surface area contributed by atoms with E-state index < -0.39 is 23.4 Å². The number of piperidine rings is 1. The van der Waals surface area contributed by atoms with Crippen molar-refractivity contribution in [3.05, 3.63) is 62.1 Å². The molecule has 0 saturated carbocycles. The quantitative estimate of drug-likeness (QED) is 0.715. The Bertz CT molecular complexity index is 794. The Morgan fingerprint density at radius 3 is 2.44 bits per heavy atom. The van der Waals surface area contributed by atoms with Gasteiger partial charge in [0.25, 0.3) is 0 Å². The van der Waals surface area contributed by atoms with Gasteiger partial charge in [0.1, 0.15) is 12.4 Å². The summed E-state index contributed by atoms with van der Waals surface area (Å²) in [5, 5.41) is 29.9. The van der Waals surface area contributed by atoms with Crippen molar-refractivity contribution in [2.24, 2.45) is 0 Å². The molecule has 0 radical (unpaired) electrons. The highest BCUT2D eigenvalue weighted by molar-refractivity contribution is 9.10. The van der Waals surface area contributed by atoms with Crippen molar-refractivity contribution >= 4 is 15.9 Å². The molecule has 25 heavy (non-hydrogen) atoms. The van der Waals surface area contributed by atoms with Gasteiger partial charge in [-0.2, -0.15) is 0 Å². The predicted molar refractivity (Wildman–Crippen MR) is 95.1 cm³/mol. The van der Waals surface area contributed by atoms with Gasteiger partial charge in [-0.25, -0.2) is 0 Å². The zero-order valence-corrected chi connectivity index (χ0v) is 15.2. The lowest BCUT2D eigenvalue weighted by Crippen LogP contribution is -2.42. The van der Waals surface area contributed by atoms with Crippen LogP contribution in [-0.2, 0) is 18.8 Å². The van der Waals surface area contributed by atoms with Crippen molar-refractivity contribution in [3.8, 4) is 5.75 Å². The van der Waals surface area contributed by atoms with Crippen molar-refractivity contribution in [3.63, 3.8) is 0 Å². The molecule has 3 N–H and O–H groups in total. The number of aromatic hydroxyl groups is 1. The Kier molecular flexibility index (Phi) is 5.29. The number of nitrogens with zero attached hydrogens (tertiary/aromatic N) is 1. The van der Waals surface area contributed by atoms with Crippen LogP contribution in [0.5, 0.6) is 5.75 Å². The third kappa shape index (κ3) is 3.95. The van der Waals surface area contributed by atoms with E-state index in [9.17, 15) is 15.0 Å². The van der Waals surface area contributed by atoms with E-state index in [1.165, 1.54) is 0 Å². The molecule has 2 heterocycles. The maximum absolute atomic E-state index is 11.7. The summed E-state index contributed by atoms with van der Waals surface area (Å²) < 4.78 is 6.35. The van der Waals surface area contributed by atoms with Gasteiger partial charge in [0, 0.05) is 23.6 Å². The number of rotatable bonds is 4. The molecule has 1 saturated heterocycles. The maximum Gasteiger partial charge on any atom is 0.227 e. The van der Waals surface area contributed by atoms with Crippen LogP contribution in [0, 0.1) is 0 Å². The molecular weight excluding hydrogens is 390 g/mol. The lowest BCUT2D eigenvalue weighted by Gasteiger charge is -2.38. The van der Waals surface area contributed by atoms with E-state index in [0.717, 1.165) is 16.1 Å². The van der Waals surface area contributed by atoms with Crippen molar-refractivity contribution in [1.82, 2.24) is 4.90 Å². The van der Waals surface area contributed by atoms with Gasteiger partial charge in [0.15, 0.2) is 5.76 Å². The van der Waals surface area contributed by atoms with Gasteiger partial charge in [-0.15, -0.1) is 0 Å². The average Bonchev–Trinajstić information content (AvgIpc) is 2.61. The van der Waals surface area contributed by atoms with Crippen LogP contribution in [0.25, 0.3) is 0 Å². The number of hydrogen-bond acceptors (Lipinski definition) is 6. The summed E-state index contributed by atoms with van der Waals surface area (Å²) in [6.45, 7) is 1.05. The molecule has 6 nitrogen and oxygen atoms in total. The minimum absolute atomic E-state index is 0.126. The number of hydrogen-bond donors (Lipinski definition) is 3. The third-order valence-electron chi connectivity index (χ3n) is 4.63. The molecule has 2 aromatic rings. The number of aliphatic hydroxyl groups is 2. The van der Waals surface area contributed by atoms with Crippen LogP contribution in [0.3, 0.4) is 0 Å². The molecular formula is C18H20BrNO5. The molecule has 0 bridgehead atoms. The molecule has 1 aromatic carbocycles. The first-order valence-corrected chi connectivity index (χ1v) is 8.87. The van der Waals surface area contributed by atoms with Gasteiger partial charge in [0.05, 0.1) is 12.1 Å². The summed E-state index contributed by atoms with van der Waals surface area (Å²) in [5.74, 6) is -0.155. The summed E-state index contributed by atoms with van der Waals surface area (Å²) >= 11 is 3.39. The lowest BCUT2D eigenvalue weighted by molar-refractivity contribution is -0.0293. The predicted octanol–water partition coefficient (Wildman–Crippen LogP) is 2.08. The van der Waals surface area contributed by atoms with E-state index in [-0.39, 0.29) is 18.1 Å². The molecule has 0 spiro atoms. The molecule has 1 fully saturated rings. The molecule has 0 atom stereocenters. The first-order chi connectivity index (χ1) is 11.9. The maximum atomic E-state index is 11.7. The highest BCUT2D eigenvalue weighted by atomic mass is 79.9. The summed E-state index contributed by atoms with van der Waals surface area (Å²) in [7, 11) is 0. The Morgan fingerprint density at radius 2 is 1.84 bits per heavy atom. The third-order valence-corrected chi connectivity index (χ3v) is 5.16. The highest BCUT2D eigenvalue weighted by Crippen LogP contribution is 2.34. The fourth-order valence-corrected chi connectivity index (χ4v) is 3.37. The summed E-state index contributed by atoms with van der Waals surface area (Å²) in [6.07, 6.45) is 1.08. The van der Waals surface area contributed by atoms with Crippen molar-refractivity contribution in [2.45, 2.75) is 31.6 Å². The summed E-state index contributed by atoms with van der Waals surface area (Å²) in [5.41, 5.74) is -0.562. The van der Waals surface area contributed by atoms with Gasteiger partial charge in [-0.3, -0.25) is 9.69 Å². The number of halogens is 1. The molecule has 1 aliphatic rings. The fourth-order valence-electron chi connectivity index (χ4n) is 3.11. The van der Waals surface area contributed by atoms with E-state index in [1.807, 2.05) is 29.2 Å². The Labute approximate surface area is 153 Å². The molecule has 1 aromatic heterocycles. The van der Waals surface area contributed by atoms with Crippen LogP contribution in [0.4, 0.5) is 0 Å². The van der Waals surface area contributed by atoms with Crippen LogP contribution in [0.2, 0.25) is 0 Å². The zero-order chi connectivity index (χ0) is 18.0. The first-order valence-electron chi connectivity index (χ1n) is 8.08. The Morgan fingerprint density at radius 1 is 1.20 bits per heavy atom. The lowest BCUT2D eigenvalue weighted by atomic mass is 9.84. The van der Waals surface area contributed by atoms with Crippen LogP contribution in [-0.4, -0.2) is 33.3 Å². The molecule has 0 unspecified atom stereocenters. The Hall–Kier alpha value is -1.67. The van der Waals surface area contributed by atoms with Gasteiger partial charge in [-0.1, -0.05) is 28.1 Å². The average molecular weight is 410 g/mol. The van der Waals surface area contributed by atoms with Gasteiger partial charge >= 0.3 is 0 Å². The second kappa shape index (κ2) is 7.29. The van der Waals surface area contributed by atoms with E-state index in [0.29, 0.717) is 25.9 Å². The van der Waals surface area contributed by atoms with Crippen LogP contribution in [0.15, 0.2) is 44.0 Å². The molecule has 134 valence electrons.